The molecule has 8 nitrogen and oxygen atoms in total. The molecule has 0 saturated carbocycles. The molecule has 0 radical (unpaired) electrons. The topological polar surface area (TPSA) is 114 Å². The Balaban J connectivity index is 2.10. The molecular weight excluding hydrogens is 350 g/mol. The van der Waals surface area contributed by atoms with Gasteiger partial charge in [-0.2, -0.15) is 5.26 Å². The van der Waals surface area contributed by atoms with Crippen LogP contribution in [0.1, 0.15) is 23.7 Å². The molecule has 1 unspecified atom stereocenters. The number of para-hydroxylation sites is 1. The molecule has 0 bridgehead atoms. The highest BCUT2D eigenvalue weighted by molar-refractivity contribution is 5.99. The molecule has 138 valence electrons. The van der Waals surface area contributed by atoms with Gasteiger partial charge in [-0.05, 0) is 31.2 Å². The quantitative estimate of drug-likeness (QED) is 0.422. The average Bonchev–Trinajstić information content (AvgIpc) is 2.68. The highest BCUT2D eigenvalue weighted by atomic mass is 16.6. The van der Waals surface area contributed by atoms with Gasteiger partial charge in [-0.15, -0.1) is 0 Å². The van der Waals surface area contributed by atoms with Crippen molar-refractivity contribution in [1.29, 1.82) is 5.26 Å². The number of nitriles is 1. The van der Waals surface area contributed by atoms with Gasteiger partial charge in [0, 0.05) is 24.4 Å². The van der Waals surface area contributed by atoms with Crippen molar-refractivity contribution in [1.82, 2.24) is 0 Å². The van der Waals surface area contributed by atoms with Crippen molar-refractivity contribution in [3.8, 4) is 6.07 Å². The van der Waals surface area contributed by atoms with Gasteiger partial charge in [0.15, 0.2) is 6.10 Å². The SMILES string of the molecule is CC(OC(=O)c1ccc([N+](=O)[O-])cc1)C(=O)N(CCC#N)c1ccccc1. The van der Waals surface area contributed by atoms with Gasteiger partial charge in [-0.1, -0.05) is 18.2 Å². The highest BCUT2D eigenvalue weighted by Gasteiger charge is 2.25. The molecule has 0 heterocycles. The lowest BCUT2D eigenvalue weighted by Gasteiger charge is -2.25. The molecular formula is C19H17N3O5. The smallest absolute Gasteiger partial charge is 0.338 e. The second kappa shape index (κ2) is 9.10. The molecule has 0 fully saturated rings. The number of nitro groups is 1. The summed E-state index contributed by atoms with van der Waals surface area (Å²) >= 11 is 0. The van der Waals surface area contributed by atoms with Crippen LogP contribution in [0.2, 0.25) is 0 Å². The zero-order chi connectivity index (χ0) is 19.8. The zero-order valence-electron chi connectivity index (χ0n) is 14.6. The van der Waals surface area contributed by atoms with Crippen LogP contribution in [0.25, 0.3) is 0 Å². The normalized spacial score (nSPS) is 11.1. The zero-order valence-corrected chi connectivity index (χ0v) is 14.6. The van der Waals surface area contributed by atoms with E-state index >= 15 is 0 Å². The number of hydrogen-bond acceptors (Lipinski definition) is 6. The number of benzene rings is 2. The number of carbonyl (C=O) groups excluding carboxylic acids is 2. The summed E-state index contributed by atoms with van der Waals surface area (Å²) in [5.41, 5.74) is 0.543. The summed E-state index contributed by atoms with van der Waals surface area (Å²) in [7, 11) is 0. The van der Waals surface area contributed by atoms with Gasteiger partial charge in [0.25, 0.3) is 11.6 Å². The maximum Gasteiger partial charge on any atom is 0.338 e. The molecule has 1 amide bonds. The fourth-order valence-corrected chi connectivity index (χ4v) is 2.35. The first kappa shape index (κ1) is 19.6. The van der Waals surface area contributed by atoms with E-state index < -0.39 is 22.9 Å². The average molecular weight is 367 g/mol. The van der Waals surface area contributed by atoms with Gasteiger partial charge < -0.3 is 9.64 Å². The highest BCUT2D eigenvalue weighted by Crippen LogP contribution is 2.17. The monoisotopic (exact) mass is 367 g/mol. The fraction of sp³-hybridized carbons (Fsp3) is 0.211. The molecule has 0 N–H and O–H groups in total. The van der Waals surface area contributed by atoms with Gasteiger partial charge in [-0.3, -0.25) is 14.9 Å². The molecule has 0 saturated heterocycles. The summed E-state index contributed by atoms with van der Waals surface area (Å²) < 4.78 is 5.20. The van der Waals surface area contributed by atoms with Gasteiger partial charge in [0.2, 0.25) is 0 Å². The number of nitrogens with zero attached hydrogens (tertiary/aromatic N) is 3. The number of esters is 1. The van der Waals surface area contributed by atoms with Crippen LogP contribution in [0.5, 0.6) is 0 Å². The first-order valence-electron chi connectivity index (χ1n) is 8.13. The van der Waals surface area contributed by atoms with E-state index in [-0.39, 0.29) is 24.2 Å². The summed E-state index contributed by atoms with van der Waals surface area (Å²) in [4.78, 5) is 36.4. The van der Waals surface area contributed by atoms with Gasteiger partial charge in [0.05, 0.1) is 23.0 Å². The molecule has 0 aliphatic rings. The molecule has 0 aliphatic heterocycles. The second-order valence-electron chi connectivity index (χ2n) is 5.59. The van der Waals surface area contributed by atoms with Crippen LogP contribution < -0.4 is 4.90 Å². The number of anilines is 1. The lowest BCUT2D eigenvalue weighted by atomic mass is 10.2. The largest absolute Gasteiger partial charge is 0.449 e. The van der Waals surface area contributed by atoms with Crippen molar-refractivity contribution in [3.05, 3.63) is 70.3 Å². The molecule has 0 aliphatic carbocycles. The van der Waals surface area contributed by atoms with E-state index in [1.165, 1.54) is 36.1 Å². The van der Waals surface area contributed by atoms with Crippen LogP contribution in [0.4, 0.5) is 11.4 Å². The van der Waals surface area contributed by atoms with E-state index in [0.29, 0.717) is 5.69 Å². The van der Waals surface area contributed by atoms with Gasteiger partial charge in [0.1, 0.15) is 0 Å². The first-order chi connectivity index (χ1) is 12.9. The van der Waals surface area contributed by atoms with Crippen molar-refractivity contribution in [2.24, 2.45) is 0 Å². The second-order valence-corrected chi connectivity index (χ2v) is 5.59. The Bertz CT molecular complexity index is 859. The van der Waals surface area contributed by atoms with Crippen molar-refractivity contribution in [2.75, 3.05) is 11.4 Å². The van der Waals surface area contributed by atoms with Crippen LogP contribution in [0, 0.1) is 21.4 Å². The van der Waals surface area contributed by atoms with Crippen molar-refractivity contribution >= 4 is 23.3 Å². The lowest BCUT2D eigenvalue weighted by Crippen LogP contribution is -2.40. The maximum absolute atomic E-state index is 12.7. The van der Waals surface area contributed by atoms with E-state index in [9.17, 15) is 19.7 Å². The molecule has 8 heteroatoms. The summed E-state index contributed by atoms with van der Waals surface area (Å²) in [6.07, 6.45) is -0.962. The van der Waals surface area contributed by atoms with Crippen LogP contribution in [0.3, 0.4) is 0 Å². The number of amides is 1. The van der Waals surface area contributed by atoms with Crippen LogP contribution in [-0.2, 0) is 9.53 Å². The Morgan fingerprint density at radius 1 is 1.19 bits per heavy atom. The third-order valence-electron chi connectivity index (χ3n) is 3.73. The summed E-state index contributed by atoms with van der Waals surface area (Å²) in [6, 6.07) is 15.7. The Morgan fingerprint density at radius 3 is 2.37 bits per heavy atom. The number of ether oxygens (including phenoxy) is 1. The number of hydrogen-bond donors (Lipinski definition) is 0. The molecule has 27 heavy (non-hydrogen) atoms. The van der Waals surface area contributed by atoms with Gasteiger partial charge >= 0.3 is 5.97 Å². The molecule has 2 aromatic rings. The van der Waals surface area contributed by atoms with Crippen molar-refractivity contribution < 1.29 is 19.2 Å². The van der Waals surface area contributed by atoms with Crippen LogP contribution >= 0.6 is 0 Å². The Labute approximate surface area is 155 Å². The van der Waals surface area contributed by atoms with E-state index in [1.807, 2.05) is 6.07 Å². The third-order valence-corrected chi connectivity index (χ3v) is 3.73. The standard InChI is InChI=1S/C19H17N3O5/c1-14(27-19(24)15-8-10-17(11-9-15)22(25)26)18(23)21(13-5-12-20)16-6-3-2-4-7-16/h2-4,6-11,14H,5,13H2,1H3. The summed E-state index contributed by atoms with van der Waals surface area (Å²) in [6.45, 7) is 1.60. The maximum atomic E-state index is 12.7. The lowest BCUT2D eigenvalue weighted by molar-refractivity contribution is -0.384. The van der Waals surface area contributed by atoms with E-state index in [0.717, 1.165) is 0 Å². The minimum Gasteiger partial charge on any atom is -0.449 e. The number of nitro benzene ring substituents is 1. The molecule has 2 rings (SSSR count). The third kappa shape index (κ3) is 5.12. The van der Waals surface area contributed by atoms with Crippen molar-refractivity contribution in [2.45, 2.75) is 19.4 Å². The molecule has 0 aromatic heterocycles. The predicted molar refractivity (Wildman–Crippen MR) is 97.0 cm³/mol. The van der Waals surface area contributed by atoms with Crippen LogP contribution in [0.15, 0.2) is 54.6 Å². The number of rotatable bonds is 7. The van der Waals surface area contributed by atoms with E-state index in [4.69, 9.17) is 10.00 Å². The van der Waals surface area contributed by atoms with E-state index in [2.05, 4.69) is 0 Å². The predicted octanol–water partition coefficient (Wildman–Crippen LogP) is 3.09. The van der Waals surface area contributed by atoms with Crippen LogP contribution in [-0.4, -0.2) is 29.4 Å². The Kier molecular flexibility index (Phi) is 6.61. The first-order valence-corrected chi connectivity index (χ1v) is 8.13. The van der Waals surface area contributed by atoms with Gasteiger partial charge in [-0.25, -0.2) is 4.79 Å². The summed E-state index contributed by atoms with van der Waals surface area (Å²) in [5.74, 6) is -1.23. The Hall–Kier alpha value is -3.73. The Morgan fingerprint density at radius 2 is 1.81 bits per heavy atom. The molecule has 2 aromatic carbocycles. The molecule has 1 atom stereocenters. The number of carbonyl (C=O) groups is 2. The van der Waals surface area contributed by atoms with Crippen molar-refractivity contribution in [3.63, 3.8) is 0 Å². The fourth-order valence-electron chi connectivity index (χ4n) is 2.35. The summed E-state index contributed by atoms with van der Waals surface area (Å²) in [5, 5.41) is 19.5. The minimum atomic E-state index is -1.09. The number of non-ortho nitro benzene ring substituents is 1. The molecule has 0 spiro atoms. The minimum absolute atomic E-state index is 0.100. The van der Waals surface area contributed by atoms with E-state index in [1.54, 1.807) is 30.3 Å².